The number of hydrogen-bond acceptors (Lipinski definition) is 4. The van der Waals surface area contributed by atoms with E-state index in [-0.39, 0.29) is 17.1 Å². The van der Waals surface area contributed by atoms with Crippen LogP contribution >= 0.6 is 0 Å². The predicted octanol–water partition coefficient (Wildman–Crippen LogP) is 0.613. The molecule has 0 bridgehead atoms. The third kappa shape index (κ3) is 7.56. The summed E-state index contributed by atoms with van der Waals surface area (Å²) in [6, 6.07) is 0. The fourth-order valence-electron chi connectivity index (χ4n) is 0.551. The summed E-state index contributed by atoms with van der Waals surface area (Å²) in [5.41, 5.74) is 0. The topological polar surface area (TPSA) is 36.9 Å². The Balaban J connectivity index is 0.000000206. The molecule has 0 N–H and O–H groups in total. The predicted molar refractivity (Wildman–Crippen MR) is 39.4 cm³/mol. The minimum absolute atomic E-state index is 0. The molecule has 0 unspecified atom stereocenters. The maximum atomic E-state index is 4.71. The van der Waals surface area contributed by atoms with Crippen LogP contribution in [0.4, 0.5) is 0 Å². The molecule has 77 valence electrons. The summed E-state index contributed by atoms with van der Waals surface area (Å²) in [5.74, 6) is 0. The molecule has 2 aliphatic heterocycles. The van der Waals surface area contributed by atoms with Crippen molar-refractivity contribution in [1.29, 1.82) is 0 Å². The molecule has 0 saturated heterocycles. The fraction of sp³-hybridized carbons (Fsp3) is 0.500. The van der Waals surface area contributed by atoms with Gasteiger partial charge in [0.1, 0.15) is 13.2 Å². The van der Waals surface area contributed by atoms with Gasteiger partial charge in [-0.25, -0.2) is 0 Å². The molecule has 13 heavy (non-hydrogen) atoms. The largest absolute Gasteiger partial charge is 2.00 e. The Morgan fingerprint density at radius 3 is 1.31 bits per heavy atom. The first kappa shape index (κ1) is 12.2. The van der Waals surface area contributed by atoms with Crippen molar-refractivity contribution in [3.63, 3.8) is 0 Å². The van der Waals surface area contributed by atoms with Gasteiger partial charge < -0.3 is 18.9 Å². The molecule has 2 heterocycles. The zero-order valence-corrected chi connectivity index (χ0v) is 7.86. The van der Waals surface area contributed by atoms with E-state index in [9.17, 15) is 0 Å². The zero-order chi connectivity index (χ0) is 8.49. The van der Waals surface area contributed by atoms with Crippen LogP contribution in [0.25, 0.3) is 0 Å². The van der Waals surface area contributed by atoms with Gasteiger partial charge in [0.2, 0.25) is 0 Å². The molecule has 0 aromatic carbocycles. The minimum Gasteiger partial charge on any atom is -0.688 e. The molecule has 0 amide bonds. The maximum absolute atomic E-state index is 4.71. The summed E-state index contributed by atoms with van der Waals surface area (Å²) in [6.45, 7) is 2.59. The second-order valence-electron chi connectivity index (χ2n) is 1.91. The maximum Gasteiger partial charge on any atom is 2.00 e. The van der Waals surface area contributed by atoms with E-state index in [0.29, 0.717) is 26.4 Å². The van der Waals surface area contributed by atoms with Crippen LogP contribution in [0.5, 0.6) is 0 Å². The van der Waals surface area contributed by atoms with Crippen molar-refractivity contribution in [2.24, 2.45) is 0 Å². The van der Waals surface area contributed by atoms with Gasteiger partial charge in [-0.05, 0) is 0 Å². The number of hydrogen-bond donors (Lipinski definition) is 0. The monoisotopic (exact) mass is 233 g/mol. The first-order valence-corrected chi connectivity index (χ1v) is 3.61. The van der Waals surface area contributed by atoms with Crippen molar-refractivity contribution in [1.82, 2.24) is 0 Å². The van der Waals surface area contributed by atoms with Crippen LogP contribution in [0.3, 0.4) is 0 Å². The first-order chi connectivity index (χ1) is 6.00. The van der Waals surface area contributed by atoms with E-state index in [1.54, 1.807) is 0 Å². The summed E-state index contributed by atoms with van der Waals surface area (Å²) in [5, 5.41) is 0. The van der Waals surface area contributed by atoms with E-state index in [1.807, 2.05) is 0 Å². The zero-order valence-electron chi connectivity index (χ0n) is 6.92. The Kier molecular flexibility index (Phi) is 8.72. The van der Waals surface area contributed by atoms with Crippen LogP contribution in [0, 0.1) is 12.5 Å². The van der Waals surface area contributed by atoms with Crippen LogP contribution in [0.1, 0.15) is 0 Å². The van der Waals surface area contributed by atoms with E-state index in [4.69, 9.17) is 9.47 Å². The Labute approximate surface area is 88.0 Å². The standard InChI is InChI=1S/2C4H5O2.Cu/c2*1-2-6-4-3-5-1;/h2*1H,3-4H2;/q2*-1;+2. The average molecular weight is 234 g/mol. The van der Waals surface area contributed by atoms with Gasteiger partial charge in [0.25, 0.3) is 0 Å². The van der Waals surface area contributed by atoms with Crippen LogP contribution in [-0.2, 0) is 36.0 Å². The molecule has 0 aromatic heterocycles. The number of ether oxygens (including phenoxy) is 4. The minimum atomic E-state index is 0. The Morgan fingerprint density at radius 2 is 1.23 bits per heavy atom. The van der Waals surface area contributed by atoms with Crippen LogP contribution in [0.2, 0.25) is 0 Å². The van der Waals surface area contributed by atoms with E-state index in [1.165, 1.54) is 12.5 Å². The van der Waals surface area contributed by atoms with Crippen LogP contribution < -0.4 is 0 Å². The summed E-state index contributed by atoms with van der Waals surface area (Å²) in [7, 11) is 0. The van der Waals surface area contributed by atoms with Gasteiger partial charge in [-0.15, -0.1) is 0 Å². The smallest absolute Gasteiger partial charge is 0.688 e. The summed E-state index contributed by atoms with van der Waals surface area (Å²) in [6.07, 6.45) is 7.72. The van der Waals surface area contributed by atoms with Crippen molar-refractivity contribution < 1.29 is 36.0 Å². The molecule has 0 atom stereocenters. The molecular weight excluding hydrogens is 224 g/mol. The van der Waals surface area contributed by atoms with Crippen molar-refractivity contribution in [2.45, 2.75) is 0 Å². The van der Waals surface area contributed by atoms with Gasteiger partial charge in [0, 0.05) is 0 Å². The third-order valence-corrected chi connectivity index (χ3v) is 1.04. The fourth-order valence-corrected chi connectivity index (χ4v) is 0.551. The Bertz CT molecular complexity index is 124. The van der Waals surface area contributed by atoms with Crippen LogP contribution in [0.15, 0.2) is 12.5 Å². The molecule has 2 rings (SSSR count). The molecule has 0 aliphatic carbocycles. The summed E-state index contributed by atoms with van der Waals surface area (Å²) in [4.78, 5) is 0. The molecule has 4 nitrogen and oxygen atoms in total. The van der Waals surface area contributed by atoms with Crippen molar-refractivity contribution in [3.05, 3.63) is 25.0 Å². The molecule has 0 fully saturated rings. The van der Waals surface area contributed by atoms with E-state index < -0.39 is 0 Å². The molecule has 0 saturated carbocycles. The Morgan fingerprint density at radius 1 is 0.769 bits per heavy atom. The SMILES string of the molecule is [C-]1=COCCO1.[C-]1=COCCO1.[Cu+2]. The van der Waals surface area contributed by atoms with Gasteiger partial charge in [-0.2, -0.15) is 0 Å². The molecular formula is C8H10CuO4. The van der Waals surface area contributed by atoms with Gasteiger partial charge in [0.05, 0.1) is 13.2 Å². The van der Waals surface area contributed by atoms with Crippen molar-refractivity contribution >= 4 is 0 Å². The molecule has 1 radical (unpaired) electrons. The molecule has 5 heteroatoms. The van der Waals surface area contributed by atoms with Crippen LogP contribution in [-0.4, -0.2) is 26.4 Å². The van der Waals surface area contributed by atoms with E-state index >= 15 is 0 Å². The second-order valence-corrected chi connectivity index (χ2v) is 1.91. The van der Waals surface area contributed by atoms with Gasteiger partial charge in [-0.3, -0.25) is 12.5 Å². The van der Waals surface area contributed by atoms with Crippen molar-refractivity contribution in [3.8, 4) is 0 Å². The Hall–Kier alpha value is -0.801. The quantitative estimate of drug-likeness (QED) is 0.454. The van der Waals surface area contributed by atoms with E-state index in [0.717, 1.165) is 0 Å². The molecule has 0 aromatic rings. The van der Waals surface area contributed by atoms with Gasteiger partial charge in [-0.1, -0.05) is 12.5 Å². The van der Waals surface area contributed by atoms with E-state index in [2.05, 4.69) is 22.0 Å². The summed E-state index contributed by atoms with van der Waals surface area (Å²) < 4.78 is 18.7. The number of rotatable bonds is 0. The molecule has 0 spiro atoms. The molecule has 2 aliphatic rings. The first-order valence-electron chi connectivity index (χ1n) is 3.61. The second kappa shape index (κ2) is 9.29. The summed E-state index contributed by atoms with van der Waals surface area (Å²) >= 11 is 0. The normalized spacial score (nSPS) is 17.2. The van der Waals surface area contributed by atoms with Crippen molar-refractivity contribution in [2.75, 3.05) is 26.4 Å². The third-order valence-electron chi connectivity index (χ3n) is 1.04. The van der Waals surface area contributed by atoms with Gasteiger partial charge in [0.15, 0.2) is 0 Å². The average Bonchev–Trinajstić information content (AvgIpc) is 2.24. The van der Waals surface area contributed by atoms with Gasteiger partial charge >= 0.3 is 17.1 Å².